The number of fused-ring (bicyclic) bond motifs is 6. The summed E-state index contributed by atoms with van der Waals surface area (Å²) in [4.78, 5) is 43.4. The third-order valence-corrected chi connectivity index (χ3v) is 11.9. The van der Waals surface area contributed by atoms with Crippen LogP contribution in [0.25, 0.3) is 16.2 Å². The van der Waals surface area contributed by atoms with E-state index < -0.39 is 5.54 Å². The van der Waals surface area contributed by atoms with E-state index in [9.17, 15) is 9.59 Å². The number of amides is 2. The largest absolute Gasteiger partial charge is 0.493 e. The molecule has 0 radical (unpaired) electrons. The monoisotopic (exact) mass is 901 g/mol. The molecule has 8 rings (SSSR count). The van der Waals surface area contributed by atoms with Gasteiger partial charge in [0.05, 0.1) is 81.0 Å². The Kier molecular flexibility index (Phi) is 12.5. The first kappa shape index (κ1) is 44.0. The molecule has 2 amide bonds. The lowest BCUT2D eigenvalue weighted by molar-refractivity contribution is -0.0375. The summed E-state index contributed by atoms with van der Waals surface area (Å²) in [6, 6.07) is 7.85. The van der Waals surface area contributed by atoms with Crippen molar-refractivity contribution in [3.05, 3.63) is 74.3 Å². The predicted octanol–water partition coefficient (Wildman–Crippen LogP) is 7.35. The van der Waals surface area contributed by atoms with E-state index in [2.05, 4.69) is 30.7 Å². The Morgan fingerprint density at radius 3 is 1.57 bits per heavy atom. The van der Waals surface area contributed by atoms with Gasteiger partial charge in [-0.3, -0.25) is 18.7 Å². The summed E-state index contributed by atoms with van der Waals surface area (Å²) in [6.45, 7) is 26.7. The maximum absolute atomic E-state index is 13.5. The van der Waals surface area contributed by atoms with Gasteiger partial charge in [-0.2, -0.15) is 0 Å². The normalized spacial score (nSPS) is 17.2. The Labute approximate surface area is 366 Å². The van der Waals surface area contributed by atoms with Gasteiger partial charge in [0.1, 0.15) is 5.69 Å². The van der Waals surface area contributed by atoms with Crippen molar-refractivity contribution in [1.82, 2.24) is 28.9 Å². The number of methoxy groups -OCH3 is 2. The zero-order valence-electron chi connectivity index (χ0n) is 36.8. The molecule has 0 spiro atoms. The number of hydrogen-bond acceptors (Lipinski definition) is 10. The van der Waals surface area contributed by atoms with Crippen molar-refractivity contribution < 1.29 is 38.0 Å². The van der Waals surface area contributed by atoms with Crippen LogP contribution in [0, 0.1) is 6.57 Å². The Bertz CT molecular complexity index is 2380. The van der Waals surface area contributed by atoms with Crippen LogP contribution < -0.4 is 18.9 Å². The second-order valence-corrected chi connectivity index (χ2v) is 18.1. The third-order valence-electron chi connectivity index (χ3n) is 11.4. The highest BCUT2D eigenvalue weighted by Gasteiger charge is 2.41. The van der Waals surface area contributed by atoms with Crippen LogP contribution in [0.3, 0.4) is 0 Å². The lowest BCUT2D eigenvalue weighted by Crippen LogP contribution is -2.55. The summed E-state index contributed by atoms with van der Waals surface area (Å²) in [6.07, 6.45) is 2.87. The van der Waals surface area contributed by atoms with Crippen LogP contribution in [0.2, 0.25) is 0 Å². The van der Waals surface area contributed by atoms with Crippen molar-refractivity contribution in [2.75, 3.05) is 53.7 Å². The van der Waals surface area contributed by atoms with E-state index in [0.29, 0.717) is 85.1 Å². The van der Waals surface area contributed by atoms with Gasteiger partial charge >= 0.3 is 5.95 Å². The van der Waals surface area contributed by atoms with E-state index in [4.69, 9.17) is 35.0 Å². The molecule has 61 heavy (non-hydrogen) atoms. The van der Waals surface area contributed by atoms with Gasteiger partial charge in [0.2, 0.25) is 5.69 Å². The summed E-state index contributed by atoms with van der Waals surface area (Å²) >= 11 is 3.59. The fraction of sp³-hybridized carbons (Fsp3) is 0.533. The number of rotatable bonds is 8. The van der Waals surface area contributed by atoms with Crippen molar-refractivity contribution in [3.63, 3.8) is 0 Å². The highest BCUT2D eigenvalue weighted by molar-refractivity contribution is 9.10. The van der Waals surface area contributed by atoms with Crippen LogP contribution in [-0.2, 0) is 35.2 Å². The Morgan fingerprint density at radius 1 is 0.705 bits per heavy atom. The van der Waals surface area contributed by atoms with E-state index >= 15 is 0 Å². The van der Waals surface area contributed by atoms with Crippen molar-refractivity contribution in [2.24, 2.45) is 0 Å². The average Bonchev–Trinajstić information content (AvgIpc) is 3.77. The van der Waals surface area contributed by atoms with Gasteiger partial charge < -0.3 is 43.1 Å². The number of hydrogen-bond donors (Lipinski definition) is 0. The molecule has 2 aromatic carbocycles. The average molecular weight is 903 g/mol. The minimum Gasteiger partial charge on any atom is -0.493 e. The van der Waals surface area contributed by atoms with Crippen molar-refractivity contribution in [1.29, 1.82) is 0 Å². The van der Waals surface area contributed by atoms with Gasteiger partial charge in [-0.1, -0.05) is 0 Å². The molecule has 2 aromatic heterocycles. The summed E-state index contributed by atoms with van der Waals surface area (Å²) < 4.78 is 38.6. The van der Waals surface area contributed by atoms with Crippen molar-refractivity contribution in [2.45, 2.75) is 104 Å². The zero-order valence-corrected chi connectivity index (χ0v) is 38.4. The van der Waals surface area contributed by atoms with Gasteiger partial charge in [-0.25, -0.2) is 4.98 Å². The van der Waals surface area contributed by atoms with Gasteiger partial charge in [0.15, 0.2) is 33.4 Å². The standard InChI is InChI=1S/C23H28N4O4.C22H28BrN3O4/c1-14(2)31-19-12-17-15(11-18(19)29-6)7-8-16-20(25-22(24-5)27(16)17)21(28)26-9-10-30-13-23(26,3)4;1-13(2)30-18-11-16-14(10-17(18)28-5)6-7-15-19(24-21(23)26(15)16)20(27)25-8-9-29-12-22(25,3)4/h11-12,14H,7-10,13H2,1-4,6H3;10-11,13H,6-9,12H2,1-5H3. The number of carbonyl (C=O) groups excluding carboxylic acids is 2. The topological polar surface area (TPSA) is 136 Å². The molecule has 16 heteroatoms. The highest BCUT2D eigenvalue weighted by atomic mass is 79.9. The minimum atomic E-state index is -0.428. The van der Waals surface area contributed by atoms with E-state index in [-0.39, 0.29) is 35.5 Å². The molecule has 6 heterocycles. The van der Waals surface area contributed by atoms with E-state index in [0.717, 1.165) is 53.2 Å². The van der Waals surface area contributed by atoms with Gasteiger partial charge in [0.25, 0.3) is 11.8 Å². The highest BCUT2D eigenvalue weighted by Crippen LogP contribution is 2.41. The molecular weight excluding hydrogens is 846 g/mol. The molecule has 4 aliphatic heterocycles. The van der Waals surface area contributed by atoms with E-state index in [1.807, 2.05) is 94.0 Å². The summed E-state index contributed by atoms with van der Waals surface area (Å²) in [5.41, 5.74) is 5.71. The van der Waals surface area contributed by atoms with Crippen molar-refractivity contribution in [3.8, 4) is 34.4 Å². The molecule has 0 unspecified atom stereocenters. The second-order valence-electron chi connectivity index (χ2n) is 17.4. The number of halogens is 1. The fourth-order valence-electron chi connectivity index (χ4n) is 8.48. The maximum Gasteiger partial charge on any atom is 0.344 e. The van der Waals surface area contributed by atoms with Crippen LogP contribution in [-0.4, -0.2) is 118 Å². The molecule has 0 atom stereocenters. The SMILES string of the molecule is COc1cc2c(cc1OC(C)C)-n1c(Br)nc(C(=O)N3CCOCC3(C)C)c1CC2.[C-]#[N+]c1nc(C(=O)N2CCOCC2(C)C)c2n1-c1cc(OC(C)C)c(OC)cc1CC2. The van der Waals surface area contributed by atoms with Crippen LogP contribution in [0.1, 0.15) is 98.9 Å². The zero-order chi connectivity index (χ0) is 44.0. The Balaban J connectivity index is 0.000000184. The first-order valence-corrected chi connectivity index (χ1v) is 21.6. The summed E-state index contributed by atoms with van der Waals surface area (Å²) in [5, 5.41) is 0. The predicted molar refractivity (Wildman–Crippen MR) is 232 cm³/mol. The van der Waals surface area contributed by atoms with Crippen LogP contribution in [0.5, 0.6) is 23.0 Å². The summed E-state index contributed by atoms with van der Waals surface area (Å²) in [5.74, 6) is 2.65. The number of benzene rings is 2. The number of aryl methyl sites for hydroxylation is 2. The molecule has 4 aliphatic rings. The van der Waals surface area contributed by atoms with Gasteiger partial charge in [-0.15, -0.1) is 11.6 Å². The molecule has 0 N–H and O–H groups in total. The van der Waals surface area contributed by atoms with E-state index in [1.54, 1.807) is 18.8 Å². The van der Waals surface area contributed by atoms with Crippen molar-refractivity contribution >= 4 is 33.7 Å². The number of carbonyl (C=O) groups is 2. The number of ether oxygens (including phenoxy) is 6. The molecule has 0 bridgehead atoms. The molecule has 2 fully saturated rings. The Morgan fingerprint density at radius 2 is 1.15 bits per heavy atom. The van der Waals surface area contributed by atoms with Crippen LogP contribution in [0.15, 0.2) is 29.0 Å². The molecular formula is C45H56BrN7O8. The third kappa shape index (κ3) is 8.44. The Hall–Kier alpha value is -5.11. The van der Waals surface area contributed by atoms with Gasteiger partial charge in [0, 0.05) is 31.6 Å². The number of imidazole rings is 2. The number of aromatic nitrogens is 4. The summed E-state index contributed by atoms with van der Waals surface area (Å²) in [7, 11) is 3.27. The minimum absolute atomic E-state index is 0.0203. The first-order valence-electron chi connectivity index (χ1n) is 20.8. The van der Waals surface area contributed by atoms with Crippen LogP contribution >= 0.6 is 15.9 Å². The molecule has 326 valence electrons. The second kappa shape index (κ2) is 17.3. The molecule has 4 aromatic rings. The molecule has 0 aliphatic carbocycles. The smallest absolute Gasteiger partial charge is 0.344 e. The molecule has 2 saturated heterocycles. The fourth-order valence-corrected chi connectivity index (χ4v) is 9.07. The van der Waals surface area contributed by atoms with Gasteiger partial charge in [-0.05, 0) is 114 Å². The lowest BCUT2D eigenvalue weighted by Gasteiger charge is -2.41. The van der Waals surface area contributed by atoms with E-state index in [1.165, 1.54) is 0 Å². The molecule has 15 nitrogen and oxygen atoms in total. The number of nitrogens with zero attached hydrogens (tertiary/aromatic N) is 7. The quantitative estimate of drug-likeness (QED) is 0.165. The van der Waals surface area contributed by atoms with Crippen LogP contribution in [0.4, 0.5) is 5.95 Å². The lowest BCUT2D eigenvalue weighted by atomic mass is 9.98. The maximum atomic E-state index is 13.5. The molecule has 0 saturated carbocycles. The first-order chi connectivity index (χ1) is 29.0. The number of morpholine rings is 2.